The molecule has 0 saturated heterocycles. The first-order chi connectivity index (χ1) is 15.3. The number of aromatic nitrogens is 1. The van der Waals surface area contributed by atoms with E-state index in [0.717, 1.165) is 22.7 Å². The summed E-state index contributed by atoms with van der Waals surface area (Å²) in [4.78, 5) is 0. The monoisotopic (exact) mass is 413 g/mol. The Morgan fingerprint density at radius 1 is 0.839 bits per heavy atom. The molecule has 6 rings (SSSR count). The lowest BCUT2D eigenvalue weighted by molar-refractivity contribution is 1.07. The van der Waals surface area contributed by atoms with Crippen molar-refractivity contribution in [2.75, 3.05) is 0 Å². The predicted molar refractivity (Wildman–Crippen MR) is 134 cm³/mol. The second-order valence-corrected chi connectivity index (χ2v) is 8.83. The van der Waals surface area contributed by atoms with E-state index < -0.39 is 0 Å². The summed E-state index contributed by atoms with van der Waals surface area (Å²) in [5.41, 5.74) is 9.61. The molecule has 0 radical (unpaired) electrons. The van der Waals surface area contributed by atoms with E-state index in [1.165, 1.54) is 36.6 Å². The van der Waals surface area contributed by atoms with Gasteiger partial charge < -0.3 is 4.57 Å². The number of rotatable bonds is 2. The number of thiophene rings is 1. The highest BCUT2D eigenvalue weighted by Gasteiger charge is 2.11. The molecule has 0 N–H and O–H groups in total. The first-order valence-electron chi connectivity index (χ1n) is 10.4. The van der Waals surface area contributed by atoms with Gasteiger partial charge in [0, 0.05) is 36.5 Å². The maximum absolute atomic E-state index is 4.44. The normalized spacial score (nSPS) is 15.2. The minimum Gasteiger partial charge on any atom is -0.309 e. The predicted octanol–water partition coefficient (Wildman–Crippen LogP) is 6.39. The molecule has 0 spiro atoms. The molecule has 146 valence electrons. The van der Waals surface area contributed by atoms with Gasteiger partial charge in [0.05, 0.1) is 10.9 Å². The van der Waals surface area contributed by atoms with Crippen LogP contribution in [0, 0.1) is 0 Å². The lowest BCUT2D eigenvalue weighted by Crippen LogP contribution is -2.27. The van der Waals surface area contributed by atoms with Crippen LogP contribution in [0.15, 0.2) is 102 Å². The number of hydrogen-bond acceptors (Lipinski definition) is 1. The van der Waals surface area contributed by atoms with Gasteiger partial charge in [-0.1, -0.05) is 60.5 Å². The maximum atomic E-state index is 4.44. The number of allylic oxidation sites excluding steroid dienone is 4. The van der Waals surface area contributed by atoms with Gasteiger partial charge >= 0.3 is 0 Å². The minimum atomic E-state index is 0.878. The van der Waals surface area contributed by atoms with E-state index in [0.29, 0.717) is 0 Å². The molecule has 0 fully saturated rings. The number of hydrogen-bond donors (Lipinski definition) is 0. The molecule has 2 heterocycles. The van der Waals surface area contributed by atoms with Crippen LogP contribution < -0.4 is 10.6 Å². The minimum absolute atomic E-state index is 0.878. The van der Waals surface area contributed by atoms with Crippen molar-refractivity contribution in [3.8, 4) is 5.69 Å². The van der Waals surface area contributed by atoms with Crippen LogP contribution in [0.1, 0.15) is 6.42 Å². The van der Waals surface area contributed by atoms with Crippen molar-refractivity contribution < 1.29 is 0 Å². The second-order valence-electron chi connectivity index (χ2n) is 7.74. The van der Waals surface area contributed by atoms with Gasteiger partial charge in [-0.25, -0.2) is 0 Å². The third-order valence-corrected chi connectivity index (χ3v) is 7.03. The Morgan fingerprint density at radius 2 is 1.65 bits per heavy atom. The van der Waals surface area contributed by atoms with E-state index >= 15 is 0 Å². The lowest BCUT2D eigenvalue weighted by atomic mass is 10.1. The van der Waals surface area contributed by atoms with Crippen LogP contribution in [0.25, 0.3) is 49.4 Å². The van der Waals surface area contributed by atoms with Crippen LogP contribution in [0.5, 0.6) is 0 Å². The second kappa shape index (κ2) is 7.16. The summed E-state index contributed by atoms with van der Waals surface area (Å²) in [7, 11) is 0. The van der Waals surface area contributed by atoms with E-state index in [1.807, 2.05) is 23.5 Å². The van der Waals surface area contributed by atoms with E-state index in [9.17, 15) is 0 Å². The van der Waals surface area contributed by atoms with E-state index in [4.69, 9.17) is 0 Å². The van der Waals surface area contributed by atoms with E-state index in [-0.39, 0.29) is 0 Å². The molecule has 0 amide bonds. The summed E-state index contributed by atoms with van der Waals surface area (Å²) in [6, 6.07) is 23.9. The van der Waals surface area contributed by atoms with Gasteiger partial charge in [0.1, 0.15) is 0 Å². The van der Waals surface area contributed by atoms with Crippen molar-refractivity contribution in [2.45, 2.75) is 6.42 Å². The molecule has 1 aliphatic carbocycles. The number of fused-ring (bicyclic) bond motifs is 4. The zero-order chi connectivity index (χ0) is 20.8. The average molecular weight is 414 g/mol. The zero-order valence-electron chi connectivity index (χ0n) is 16.9. The fourth-order valence-corrected chi connectivity index (χ4v) is 5.44. The fourth-order valence-electron chi connectivity index (χ4n) is 4.36. The molecule has 5 aromatic rings. The summed E-state index contributed by atoms with van der Waals surface area (Å²) >= 11 is 1.85. The van der Waals surface area contributed by atoms with Crippen LogP contribution in [0.2, 0.25) is 0 Å². The average Bonchev–Trinajstić information content (AvgIpc) is 3.33. The molecule has 0 unspecified atom stereocenters. The van der Waals surface area contributed by atoms with Gasteiger partial charge in [-0.2, -0.15) is 0 Å². The third-order valence-electron chi connectivity index (χ3n) is 5.87. The summed E-state index contributed by atoms with van der Waals surface area (Å²) in [5.74, 6) is 0. The van der Waals surface area contributed by atoms with E-state index in [1.54, 1.807) is 0 Å². The van der Waals surface area contributed by atoms with E-state index in [2.05, 4.69) is 101 Å². The quantitative estimate of drug-likeness (QED) is 0.296. The van der Waals surface area contributed by atoms with Crippen LogP contribution in [0.4, 0.5) is 0 Å². The summed E-state index contributed by atoms with van der Waals surface area (Å²) in [6.45, 7) is 4.44. The molecule has 0 aliphatic heterocycles. The Balaban J connectivity index is 1.66. The number of nitrogens with zero attached hydrogens (tertiary/aromatic N) is 1. The molecule has 0 bridgehead atoms. The molecule has 2 heteroatoms. The van der Waals surface area contributed by atoms with Crippen LogP contribution in [0.3, 0.4) is 0 Å². The summed E-state index contributed by atoms with van der Waals surface area (Å²) < 4.78 is 4.97. The van der Waals surface area contributed by atoms with Crippen molar-refractivity contribution in [2.24, 2.45) is 0 Å². The molecule has 3 aromatic carbocycles. The zero-order valence-corrected chi connectivity index (χ0v) is 17.7. The highest BCUT2D eigenvalue weighted by molar-refractivity contribution is 7.25. The Labute approximate surface area is 184 Å². The fraction of sp³-hybridized carbons (Fsp3) is 0.0345. The molecule has 2 aromatic heterocycles. The molecule has 1 aliphatic rings. The topological polar surface area (TPSA) is 4.93 Å². The molecule has 1 nitrogen and oxygen atoms in total. The van der Waals surface area contributed by atoms with Gasteiger partial charge in [0.15, 0.2) is 0 Å². The smallest absolute Gasteiger partial charge is 0.0540 e. The highest BCUT2D eigenvalue weighted by Crippen LogP contribution is 2.34. The van der Waals surface area contributed by atoms with Crippen LogP contribution in [-0.4, -0.2) is 4.57 Å². The van der Waals surface area contributed by atoms with Gasteiger partial charge in [-0.15, -0.1) is 11.3 Å². The standard InChI is InChI=1S/C29H19NS/c1-20-23-11-5-7-13-27(23)30(26(20)17-15-21-9-3-2-4-10-21)22-16-18-29-25(19-22)24-12-6-8-14-28(24)31-29/h3,5-8,10-19H,1,9H2/b21-15+,26-17+. The highest BCUT2D eigenvalue weighted by atomic mass is 32.1. The molecule has 0 saturated carbocycles. The van der Waals surface area contributed by atoms with Gasteiger partial charge in [0.25, 0.3) is 0 Å². The summed E-state index contributed by atoms with van der Waals surface area (Å²) in [6.07, 6.45) is 9.24. The van der Waals surface area contributed by atoms with Crippen molar-refractivity contribution in [1.82, 2.24) is 4.57 Å². The first kappa shape index (κ1) is 18.0. The van der Waals surface area contributed by atoms with Crippen molar-refractivity contribution in [3.63, 3.8) is 0 Å². The molecule has 31 heavy (non-hydrogen) atoms. The van der Waals surface area contributed by atoms with Gasteiger partial charge in [-0.05, 0) is 60.6 Å². The summed E-state index contributed by atoms with van der Waals surface area (Å²) in [5, 5.41) is 5.96. The van der Waals surface area contributed by atoms with Gasteiger partial charge in [-0.3, -0.25) is 0 Å². The van der Waals surface area contributed by atoms with Gasteiger partial charge in [0.2, 0.25) is 0 Å². The van der Waals surface area contributed by atoms with Crippen molar-refractivity contribution in [3.05, 3.63) is 113 Å². The Morgan fingerprint density at radius 3 is 2.52 bits per heavy atom. The SMILES string of the molecule is C=c1/c(=C\C=C2\C=C=C=CC2)n(-c2ccc3sc4ccccc4c3c2)c2ccccc12. The molecular formula is C29H19NS. The lowest BCUT2D eigenvalue weighted by Gasteiger charge is -2.07. The number of para-hydroxylation sites is 1. The molecular weight excluding hydrogens is 394 g/mol. The first-order valence-corrected chi connectivity index (χ1v) is 11.2. The Bertz CT molecular complexity index is 1740. The van der Waals surface area contributed by atoms with Crippen molar-refractivity contribution in [1.29, 1.82) is 0 Å². The number of benzene rings is 3. The largest absolute Gasteiger partial charge is 0.309 e. The third kappa shape index (κ3) is 2.94. The Hall–Kier alpha value is -3.80. The molecule has 0 atom stereocenters. The van der Waals surface area contributed by atoms with Crippen LogP contribution >= 0.6 is 11.3 Å². The van der Waals surface area contributed by atoms with Crippen LogP contribution in [-0.2, 0) is 0 Å². The Kier molecular flexibility index (Phi) is 4.16. The maximum Gasteiger partial charge on any atom is 0.0540 e. The van der Waals surface area contributed by atoms with Crippen molar-refractivity contribution >= 4 is 55.1 Å².